The lowest BCUT2D eigenvalue weighted by atomic mass is 9.95. The van der Waals surface area contributed by atoms with Crippen LogP contribution in [0.2, 0.25) is 0 Å². The summed E-state index contributed by atoms with van der Waals surface area (Å²) in [5, 5.41) is 218. The van der Waals surface area contributed by atoms with Gasteiger partial charge in [-0.25, -0.2) is 0 Å². The van der Waals surface area contributed by atoms with Crippen LogP contribution in [0.15, 0.2) is 0 Å². The fourth-order valence-electron chi connectivity index (χ4n) is 10.4. The molecule has 21 saturated heterocycles. The molecular formula is C42H70O34S. The SMILES string of the molecule is OC[C@H]1O[C@@H]2O[C@H]3[C@H](O)[C@@H](O)[C@@H](O[C@H]4[C@H](O)[C@@H](S)[C@@H](O[C@H]5[C@H](O)[C@@H](O)[C@@H](O[C@H]6[C@H](O)[C@@H](O)[C@@H](O[C@H]7[C@H](O)[C@@H](O)[C@@H](O[C@H]8[C@H](O)C(O)[C@@H](O[C@H]1[C@H](O)[C@H]2O)O[C@@H]8CO)O[C@@H]7CO)O[C@@H]6CO)O[C@@H]5CO)O[C@@H]4CO)O[C@@H]3CO. The molecule has 21 aliphatic heterocycles. The molecule has 0 aromatic rings. The molecule has 34 nitrogen and oxygen atoms in total. The van der Waals surface area contributed by atoms with Gasteiger partial charge >= 0.3 is 0 Å². The molecule has 77 heavy (non-hydrogen) atoms. The third-order valence-electron chi connectivity index (χ3n) is 14.8. The molecule has 35 atom stereocenters. The minimum absolute atomic E-state index is 0.970. The summed E-state index contributed by atoms with van der Waals surface area (Å²) in [5.74, 6) is 0. The number of ether oxygens (including phenoxy) is 14. The summed E-state index contributed by atoms with van der Waals surface area (Å²) in [6.45, 7) is -7.11. The molecule has 21 rings (SSSR count). The zero-order valence-corrected chi connectivity index (χ0v) is 41.2. The molecule has 0 aromatic heterocycles. The Morgan fingerprint density at radius 2 is 0.338 bits per heavy atom. The predicted molar refractivity (Wildman–Crippen MR) is 235 cm³/mol. The van der Waals surface area contributed by atoms with Crippen LogP contribution < -0.4 is 0 Å². The van der Waals surface area contributed by atoms with Gasteiger partial charge in [0.05, 0.1) is 57.6 Å². The molecule has 0 amide bonds. The van der Waals surface area contributed by atoms with Gasteiger partial charge in [-0.05, 0) is 0 Å². The van der Waals surface area contributed by atoms with Gasteiger partial charge in [-0.1, -0.05) is 0 Å². The Hall–Kier alpha value is -1.01. The third kappa shape index (κ3) is 12.2. The number of aliphatic hydroxyl groups excluding tert-OH is 20. The molecule has 448 valence electrons. The predicted octanol–water partition coefficient (Wildman–Crippen LogP) is -14.3. The molecule has 14 bridgehead atoms. The first-order valence-electron chi connectivity index (χ1n) is 24.6. The lowest BCUT2D eigenvalue weighted by Gasteiger charge is -2.50. The van der Waals surface area contributed by atoms with E-state index in [9.17, 15) is 102 Å². The highest BCUT2D eigenvalue weighted by atomic mass is 32.1. The first kappa shape index (κ1) is 62.0. The fourth-order valence-corrected chi connectivity index (χ4v) is 10.7. The molecule has 21 aliphatic rings. The van der Waals surface area contributed by atoms with Crippen molar-refractivity contribution in [3.8, 4) is 0 Å². The summed E-state index contributed by atoms with van der Waals surface area (Å²) >= 11 is 4.37. The van der Waals surface area contributed by atoms with Crippen molar-refractivity contribution >= 4 is 12.6 Å². The van der Waals surface area contributed by atoms with Crippen molar-refractivity contribution in [1.29, 1.82) is 0 Å². The van der Waals surface area contributed by atoms with Crippen molar-refractivity contribution in [1.82, 2.24) is 0 Å². The highest BCUT2D eigenvalue weighted by molar-refractivity contribution is 7.81. The van der Waals surface area contributed by atoms with Crippen LogP contribution in [0.1, 0.15) is 0 Å². The zero-order valence-electron chi connectivity index (χ0n) is 40.3. The van der Waals surface area contributed by atoms with E-state index in [1.165, 1.54) is 0 Å². The lowest BCUT2D eigenvalue weighted by molar-refractivity contribution is -0.396. The smallest absolute Gasteiger partial charge is 0.187 e. The quantitative estimate of drug-likeness (QED) is 0.105. The Kier molecular flexibility index (Phi) is 21.2. The highest BCUT2D eigenvalue weighted by Gasteiger charge is 2.59. The molecule has 20 N–H and O–H groups in total. The second-order valence-corrected chi connectivity index (χ2v) is 20.2. The monoisotopic (exact) mass is 1150 g/mol. The summed E-state index contributed by atoms with van der Waals surface area (Å²) in [7, 11) is 0. The minimum atomic E-state index is -2.20. The summed E-state index contributed by atoms with van der Waals surface area (Å²) in [6, 6.07) is 0. The number of hydrogen-bond acceptors (Lipinski definition) is 35. The summed E-state index contributed by atoms with van der Waals surface area (Å²) in [6.07, 6.45) is -66.2. The Balaban J connectivity index is 1.08. The largest absolute Gasteiger partial charge is 0.394 e. The van der Waals surface area contributed by atoms with Gasteiger partial charge in [0.15, 0.2) is 44.0 Å². The van der Waals surface area contributed by atoms with Crippen LogP contribution >= 0.6 is 12.6 Å². The Bertz CT molecular complexity index is 1470. The first-order valence-corrected chi connectivity index (χ1v) is 25.1. The van der Waals surface area contributed by atoms with Crippen molar-refractivity contribution in [2.75, 3.05) is 46.2 Å². The molecular weight excluding hydrogens is 1080 g/mol. The molecule has 0 saturated carbocycles. The van der Waals surface area contributed by atoms with Crippen LogP contribution in [0.3, 0.4) is 0 Å². The van der Waals surface area contributed by atoms with Crippen LogP contribution in [-0.2, 0) is 66.3 Å². The second-order valence-electron chi connectivity index (χ2n) is 19.7. The van der Waals surface area contributed by atoms with Gasteiger partial charge in [0.25, 0.3) is 0 Å². The summed E-state index contributed by atoms with van der Waals surface area (Å²) < 4.78 is 80.2. The fraction of sp³-hybridized carbons (Fsp3) is 1.00. The molecule has 0 aliphatic carbocycles. The van der Waals surface area contributed by atoms with Gasteiger partial charge in [0.1, 0.15) is 159 Å². The highest BCUT2D eigenvalue weighted by Crippen LogP contribution is 2.39. The maximum Gasteiger partial charge on any atom is 0.187 e. The van der Waals surface area contributed by atoms with Crippen LogP contribution in [0.25, 0.3) is 0 Å². The van der Waals surface area contributed by atoms with E-state index in [1.54, 1.807) is 0 Å². The van der Waals surface area contributed by atoms with Crippen LogP contribution in [-0.4, -0.2) is 362 Å². The van der Waals surface area contributed by atoms with Crippen molar-refractivity contribution < 1.29 is 168 Å². The van der Waals surface area contributed by atoms with Crippen molar-refractivity contribution in [2.24, 2.45) is 0 Å². The average Bonchev–Trinajstić information content (AvgIpc) is 3.45. The Morgan fingerprint density at radius 3 is 0.506 bits per heavy atom. The molecule has 21 fully saturated rings. The van der Waals surface area contributed by atoms with E-state index >= 15 is 0 Å². The Labute approximate surface area is 440 Å². The standard InChI is InChI=1S/C42H70O34S/c43-1-8-28-15(50)21(56)37(63-8)71-30-10(3-45)65-39(23(58)17(30)52)73-32-12(5-47)67-41(25(60)19(32)54)75-34-14(7-49)69-42(35(77)27(34)62)76-33-13(6-48)68-40(26(61)20(33)55)74-31-11(4-46)66-38(24(59)18(31)53)72-29-9(2-44)64-36(70-28)22(57)16(29)51/h8-62,77H,1-7H2/t8-,9-,10-,11-,12-,13-,14-,15-,16-,17-,18-,19-,20-,21?,22-,23-,24-,25-,26-,27+,28-,29-,30-,31-,32-,33-,34-,35-,36-,37-,38-,39-,40-,41-,42-/m1/s1. The van der Waals surface area contributed by atoms with E-state index in [0.29, 0.717) is 0 Å². The summed E-state index contributed by atoms with van der Waals surface area (Å²) in [5.41, 5.74) is 0. The number of hydrogen-bond donors (Lipinski definition) is 21. The molecule has 35 heteroatoms. The average molecular weight is 1150 g/mol. The van der Waals surface area contributed by atoms with Gasteiger partial charge in [-0.2, -0.15) is 12.6 Å². The lowest BCUT2D eigenvalue weighted by Crippen LogP contribution is -2.68. The maximum atomic E-state index is 11.5. The van der Waals surface area contributed by atoms with E-state index in [1.807, 2.05) is 0 Å². The number of thiol groups is 1. The number of rotatable bonds is 7. The van der Waals surface area contributed by atoms with Crippen LogP contribution in [0.4, 0.5) is 0 Å². The van der Waals surface area contributed by atoms with E-state index in [4.69, 9.17) is 66.3 Å². The maximum absolute atomic E-state index is 11.5. The third-order valence-corrected chi connectivity index (χ3v) is 15.3. The van der Waals surface area contributed by atoms with E-state index < -0.39 is 260 Å². The van der Waals surface area contributed by atoms with Crippen molar-refractivity contribution in [3.63, 3.8) is 0 Å². The second kappa shape index (κ2) is 26.3. The minimum Gasteiger partial charge on any atom is -0.394 e. The van der Waals surface area contributed by atoms with Crippen molar-refractivity contribution in [2.45, 2.75) is 214 Å². The van der Waals surface area contributed by atoms with Gasteiger partial charge in [0, 0.05) is 0 Å². The molecule has 21 heterocycles. The molecule has 1 unspecified atom stereocenters. The van der Waals surface area contributed by atoms with Crippen LogP contribution in [0.5, 0.6) is 0 Å². The zero-order chi connectivity index (χ0) is 56.1. The molecule has 0 radical (unpaired) electrons. The molecule has 0 spiro atoms. The van der Waals surface area contributed by atoms with Gasteiger partial charge in [0.2, 0.25) is 0 Å². The van der Waals surface area contributed by atoms with E-state index in [0.717, 1.165) is 0 Å². The van der Waals surface area contributed by atoms with Crippen LogP contribution in [0, 0.1) is 0 Å². The van der Waals surface area contributed by atoms with Gasteiger partial charge in [-0.15, -0.1) is 0 Å². The van der Waals surface area contributed by atoms with Gasteiger partial charge in [-0.3, -0.25) is 0 Å². The number of aliphatic hydroxyl groups is 20. The molecule has 0 aromatic carbocycles. The topological polar surface area (TPSA) is 534 Å². The Morgan fingerprint density at radius 1 is 0.195 bits per heavy atom. The van der Waals surface area contributed by atoms with E-state index in [2.05, 4.69) is 12.6 Å². The first-order chi connectivity index (χ1) is 36.7. The summed E-state index contributed by atoms with van der Waals surface area (Å²) in [4.78, 5) is 0. The van der Waals surface area contributed by atoms with E-state index in [-0.39, 0.29) is 0 Å². The van der Waals surface area contributed by atoms with Crippen molar-refractivity contribution in [3.05, 3.63) is 0 Å². The van der Waals surface area contributed by atoms with Gasteiger partial charge < -0.3 is 168 Å². The normalized spacial score (nSPS) is 55.4.